The Labute approximate surface area is 110 Å². The van der Waals surface area contributed by atoms with Gasteiger partial charge in [-0.2, -0.15) is 0 Å². The summed E-state index contributed by atoms with van der Waals surface area (Å²) in [5.41, 5.74) is 0.346. The van der Waals surface area contributed by atoms with Gasteiger partial charge in [0.2, 0.25) is 0 Å². The van der Waals surface area contributed by atoms with Crippen molar-refractivity contribution in [1.82, 2.24) is 9.88 Å². The predicted molar refractivity (Wildman–Crippen MR) is 65.6 cm³/mol. The molecule has 0 aliphatic heterocycles. The lowest BCUT2D eigenvalue weighted by molar-refractivity contribution is -0.147. The molecule has 1 amide bonds. The molecule has 2 N–H and O–H groups in total. The predicted octanol–water partition coefficient (Wildman–Crippen LogP) is 0.254. The van der Waals surface area contributed by atoms with E-state index in [1.807, 2.05) is 6.92 Å². The third-order valence-corrected chi connectivity index (χ3v) is 2.60. The third kappa shape index (κ3) is 3.84. The van der Waals surface area contributed by atoms with Gasteiger partial charge in [0, 0.05) is 12.7 Å². The van der Waals surface area contributed by atoms with Gasteiger partial charge in [-0.3, -0.25) is 9.59 Å². The van der Waals surface area contributed by atoms with E-state index in [-0.39, 0.29) is 0 Å². The first kappa shape index (κ1) is 14.7. The Morgan fingerprint density at radius 2 is 2.16 bits per heavy atom. The van der Waals surface area contributed by atoms with Gasteiger partial charge in [0.25, 0.3) is 5.91 Å². The number of methoxy groups -OCH3 is 1. The number of hydrogen-bond acceptors (Lipinski definition) is 4. The Balaban J connectivity index is 2.77. The van der Waals surface area contributed by atoms with E-state index in [0.29, 0.717) is 12.2 Å². The molecule has 0 bridgehead atoms. The van der Waals surface area contributed by atoms with E-state index in [1.165, 1.54) is 0 Å². The minimum Gasteiger partial charge on any atom is -0.480 e. The SMILES string of the molecule is CCn1cccc1C(=O)N[C@@H](CC(=O)OC)C(=O)O. The van der Waals surface area contributed by atoms with E-state index in [0.717, 1.165) is 7.11 Å². The molecule has 1 aromatic rings. The summed E-state index contributed by atoms with van der Waals surface area (Å²) in [5, 5.41) is 11.3. The molecular formula is C12H16N2O5. The van der Waals surface area contributed by atoms with Crippen LogP contribution in [0.5, 0.6) is 0 Å². The average Bonchev–Trinajstić information content (AvgIpc) is 2.85. The molecule has 0 aliphatic rings. The summed E-state index contributed by atoms with van der Waals surface area (Å²) in [5.74, 6) is -2.52. The number of carboxylic acid groups (broad SMARTS) is 1. The van der Waals surface area contributed by atoms with Gasteiger partial charge in [-0.1, -0.05) is 0 Å². The van der Waals surface area contributed by atoms with Gasteiger partial charge in [-0.25, -0.2) is 4.79 Å². The molecule has 1 aromatic heterocycles. The highest BCUT2D eigenvalue weighted by Crippen LogP contribution is 2.04. The van der Waals surface area contributed by atoms with Crippen molar-refractivity contribution in [2.45, 2.75) is 25.9 Å². The Morgan fingerprint density at radius 1 is 1.47 bits per heavy atom. The Kier molecular flexibility index (Phi) is 5.11. The molecule has 0 aromatic carbocycles. The lowest BCUT2D eigenvalue weighted by Crippen LogP contribution is -2.43. The molecule has 7 heteroatoms. The smallest absolute Gasteiger partial charge is 0.326 e. The summed E-state index contributed by atoms with van der Waals surface area (Å²) in [7, 11) is 1.16. The molecule has 19 heavy (non-hydrogen) atoms. The van der Waals surface area contributed by atoms with Crippen molar-refractivity contribution in [3.63, 3.8) is 0 Å². The van der Waals surface area contributed by atoms with Gasteiger partial charge in [-0.05, 0) is 19.1 Å². The van der Waals surface area contributed by atoms with Crippen LogP contribution in [0.2, 0.25) is 0 Å². The largest absolute Gasteiger partial charge is 0.480 e. The van der Waals surface area contributed by atoms with Gasteiger partial charge in [0.05, 0.1) is 13.5 Å². The second-order valence-corrected chi connectivity index (χ2v) is 3.82. The molecule has 0 spiro atoms. The molecule has 1 atom stereocenters. The molecule has 0 aliphatic carbocycles. The molecule has 0 radical (unpaired) electrons. The van der Waals surface area contributed by atoms with Crippen LogP contribution in [0, 0.1) is 0 Å². The van der Waals surface area contributed by atoms with Crippen LogP contribution < -0.4 is 5.32 Å². The van der Waals surface area contributed by atoms with Crippen LogP contribution in [0.3, 0.4) is 0 Å². The van der Waals surface area contributed by atoms with E-state index >= 15 is 0 Å². The van der Waals surface area contributed by atoms with Crippen molar-refractivity contribution in [3.8, 4) is 0 Å². The number of hydrogen-bond donors (Lipinski definition) is 2. The minimum atomic E-state index is -1.31. The maximum atomic E-state index is 11.9. The van der Waals surface area contributed by atoms with E-state index in [9.17, 15) is 14.4 Å². The van der Waals surface area contributed by atoms with Crippen LogP contribution in [0.1, 0.15) is 23.8 Å². The summed E-state index contributed by atoms with van der Waals surface area (Å²) < 4.78 is 6.06. The second kappa shape index (κ2) is 6.58. The van der Waals surface area contributed by atoms with E-state index in [4.69, 9.17) is 5.11 Å². The van der Waals surface area contributed by atoms with E-state index in [1.54, 1.807) is 22.9 Å². The monoisotopic (exact) mass is 268 g/mol. The highest BCUT2D eigenvalue weighted by molar-refractivity contribution is 5.96. The summed E-state index contributed by atoms with van der Waals surface area (Å²) >= 11 is 0. The normalized spacial score (nSPS) is 11.7. The molecule has 104 valence electrons. The Hall–Kier alpha value is -2.31. The van der Waals surface area contributed by atoms with Crippen LogP contribution in [-0.2, 0) is 20.9 Å². The van der Waals surface area contributed by atoms with Crippen molar-refractivity contribution in [2.75, 3.05) is 7.11 Å². The van der Waals surface area contributed by atoms with Gasteiger partial charge in [0.1, 0.15) is 11.7 Å². The van der Waals surface area contributed by atoms with Gasteiger partial charge in [0.15, 0.2) is 0 Å². The molecule has 0 saturated carbocycles. The quantitative estimate of drug-likeness (QED) is 0.721. The number of rotatable bonds is 6. The standard InChI is InChI=1S/C12H16N2O5/c1-3-14-6-4-5-9(14)11(16)13-8(12(17)18)7-10(15)19-2/h4-6,8H,3,7H2,1-2H3,(H,13,16)(H,17,18)/t8-/m0/s1. The van der Waals surface area contributed by atoms with Crippen LogP contribution in [0.15, 0.2) is 18.3 Å². The molecule has 0 saturated heterocycles. The molecule has 0 fully saturated rings. The van der Waals surface area contributed by atoms with Crippen LogP contribution in [-0.4, -0.2) is 40.7 Å². The first-order chi connectivity index (χ1) is 8.99. The number of carbonyl (C=O) groups is 3. The zero-order valence-electron chi connectivity index (χ0n) is 10.8. The van der Waals surface area contributed by atoms with Crippen LogP contribution in [0.4, 0.5) is 0 Å². The fourth-order valence-corrected chi connectivity index (χ4v) is 1.58. The van der Waals surface area contributed by atoms with Crippen molar-refractivity contribution in [3.05, 3.63) is 24.0 Å². The number of amides is 1. The van der Waals surface area contributed by atoms with Gasteiger partial charge in [-0.15, -0.1) is 0 Å². The zero-order valence-corrected chi connectivity index (χ0v) is 10.8. The third-order valence-electron chi connectivity index (χ3n) is 2.60. The first-order valence-electron chi connectivity index (χ1n) is 5.75. The van der Waals surface area contributed by atoms with Crippen molar-refractivity contribution >= 4 is 17.8 Å². The number of carbonyl (C=O) groups excluding carboxylic acids is 2. The summed E-state index contributed by atoms with van der Waals surface area (Å²) in [6.45, 7) is 2.45. The lowest BCUT2D eigenvalue weighted by atomic mass is 10.2. The fourth-order valence-electron chi connectivity index (χ4n) is 1.58. The molecule has 1 rings (SSSR count). The molecule has 1 heterocycles. The highest BCUT2D eigenvalue weighted by atomic mass is 16.5. The number of esters is 1. The first-order valence-corrected chi connectivity index (χ1v) is 5.75. The van der Waals surface area contributed by atoms with Crippen LogP contribution >= 0.6 is 0 Å². The van der Waals surface area contributed by atoms with Crippen molar-refractivity contribution in [2.24, 2.45) is 0 Å². The average molecular weight is 268 g/mol. The van der Waals surface area contributed by atoms with Gasteiger partial charge < -0.3 is 19.7 Å². The number of aromatic nitrogens is 1. The number of aliphatic carboxylic acids is 1. The second-order valence-electron chi connectivity index (χ2n) is 3.82. The maximum Gasteiger partial charge on any atom is 0.326 e. The summed E-state index contributed by atoms with van der Waals surface area (Å²) in [6.07, 6.45) is 1.30. The Morgan fingerprint density at radius 3 is 2.68 bits per heavy atom. The van der Waals surface area contributed by atoms with Crippen molar-refractivity contribution in [1.29, 1.82) is 0 Å². The number of nitrogens with one attached hydrogen (secondary N) is 1. The Bertz CT molecular complexity index is 480. The van der Waals surface area contributed by atoms with E-state index in [2.05, 4.69) is 10.1 Å². The number of carboxylic acids is 1. The number of ether oxygens (including phenoxy) is 1. The number of aryl methyl sites for hydroxylation is 1. The maximum absolute atomic E-state index is 11.9. The molecule has 7 nitrogen and oxygen atoms in total. The number of nitrogens with zero attached hydrogens (tertiary/aromatic N) is 1. The topological polar surface area (TPSA) is 97.6 Å². The molecular weight excluding hydrogens is 252 g/mol. The van der Waals surface area contributed by atoms with Crippen LogP contribution in [0.25, 0.3) is 0 Å². The zero-order chi connectivity index (χ0) is 14.4. The summed E-state index contributed by atoms with van der Waals surface area (Å²) in [4.78, 5) is 34.0. The van der Waals surface area contributed by atoms with E-state index < -0.39 is 30.3 Å². The molecule has 0 unspecified atom stereocenters. The minimum absolute atomic E-state index is 0.346. The lowest BCUT2D eigenvalue weighted by Gasteiger charge is -2.14. The van der Waals surface area contributed by atoms with Crippen molar-refractivity contribution < 1.29 is 24.2 Å². The fraction of sp³-hybridized carbons (Fsp3) is 0.417. The van der Waals surface area contributed by atoms with Gasteiger partial charge >= 0.3 is 11.9 Å². The highest BCUT2D eigenvalue weighted by Gasteiger charge is 2.25. The summed E-state index contributed by atoms with van der Waals surface area (Å²) in [6, 6.07) is 1.96.